The highest BCUT2D eigenvalue weighted by atomic mass is 32.2. The molecule has 0 aliphatic heterocycles. The predicted octanol–water partition coefficient (Wildman–Crippen LogP) is 2.11. The van der Waals surface area contributed by atoms with Gasteiger partial charge < -0.3 is 10.5 Å². The predicted molar refractivity (Wildman–Crippen MR) is 76.7 cm³/mol. The Morgan fingerprint density at radius 3 is 2.39 bits per heavy atom. The number of hydrogen-bond donors (Lipinski definition) is 2. The summed E-state index contributed by atoms with van der Waals surface area (Å²) in [5.41, 5.74) is 5.43. The molecular formula is C13H24N2O2S. The molecule has 5 heteroatoms. The van der Waals surface area contributed by atoms with E-state index in [9.17, 15) is 9.59 Å². The second-order valence-corrected chi connectivity index (χ2v) is 5.39. The van der Waals surface area contributed by atoms with Crippen LogP contribution in [0.5, 0.6) is 0 Å². The lowest BCUT2D eigenvalue weighted by molar-refractivity contribution is -0.132. The van der Waals surface area contributed by atoms with E-state index in [1.165, 1.54) is 11.9 Å². The molecule has 0 aromatic rings. The fourth-order valence-electron chi connectivity index (χ4n) is 1.98. The summed E-state index contributed by atoms with van der Waals surface area (Å²) in [4.78, 5) is 23.6. The first-order valence-corrected chi connectivity index (χ1v) is 7.39. The van der Waals surface area contributed by atoms with Crippen LogP contribution in [0.3, 0.4) is 0 Å². The Hall–Kier alpha value is -0.970. The Kier molecular flexibility index (Phi) is 8.54. The van der Waals surface area contributed by atoms with Crippen LogP contribution in [0.15, 0.2) is 12.7 Å². The van der Waals surface area contributed by atoms with Crippen LogP contribution in [-0.2, 0) is 9.59 Å². The van der Waals surface area contributed by atoms with Gasteiger partial charge in [-0.25, -0.2) is 0 Å². The van der Waals surface area contributed by atoms with Gasteiger partial charge in [-0.3, -0.25) is 9.59 Å². The molecule has 3 N–H and O–H groups in total. The van der Waals surface area contributed by atoms with Gasteiger partial charge in [0.1, 0.15) is 0 Å². The summed E-state index contributed by atoms with van der Waals surface area (Å²) in [6.45, 7) is 7.70. The number of nitrogens with two attached hydrogens (primary N) is 1. The summed E-state index contributed by atoms with van der Waals surface area (Å²) in [6.07, 6.45) is 5.46. The van der Waals surface area contributed by atoms with Crippen LogP contribution >= 0.6 is 11.9 Å². The van der Waals surface area contributed by atoms with E-state index in [0.29, 0.717) is 25.2 Å². The maximum Gasteiger partial charge on any atom is 0.233 e. The van der Waals surface area contributed by atoms with E-state index in [2.05, 4.69) is 11.3 Å². The molecule has 0 aromatic carbocycles. The normalized spacial score (nSPS) is 14.0. The summed E-state index contributed by atoms with van der Waals surface area (Å²) >= 11 is 1.25. The Balaban J connectivity index is 4.89. The summed E-state index contributed by atoms with van der Waals surface area (Å²) in [5, 5.41) is 0. The lowest BCUT2D eigenvalue weighted by atomic mass is 9.82. The van der Waals surface area contributed by atoms with Gasteiger partial charge >= 0.3 is 0 Å². The molecule has 0 saturated carbocycles. The quantitative estimate of drug-likeness (QED) is 0.499. The molecule has 104 valence electrons. The highest BCUT2D eigenvalue weighted by Crippen LogP contribution is 2.25. The Morgan fingerprint density at radius 2 is 2.00 bits per heavy atom. The van der Waals surface area contributed by atoms with Gasteiger partial charge in [-0.2, -0.15) is 0 Å². The molecule has 0 rings (SSSR count). The van der Waals surface area contributed by atoms with Crippen molar-refractivity contribution in [3.8, 4) is 0 Å². The lowest BCUT2D eigenvalue weighted by Gasteiger charge is -2.24. The molecule has 2 atom stereocenters. The zero-order valence-corrected chi connectivity index (χ0v) is 12.3. The maximum absolute atomic E-state index is 12.0. The van der Waals surface area contributed by atoms with E-state index >= 15 is 0 Å². The molecule has 0 bridgehead atoms. The van der Waals surface area contributed by atoms with E-state index in [0.717, 1.165) is 0 Å². The smallest absolute Gasteiger partial charge is 0.233 e. The van der Waals surface area contributed by atoms with Crippen molar-refractivity contribution in [1.82, 2.24) is 4.72 Å². The summed E-state index contributed by atoms with van der Waals surface area (Å²) < 4.78 is 2.71. The number of allylic oxidation sites excluding steroid dienone is 1. The van der Waals surface area contributed by atoms with Crippen molar-refractivity contribution < 1.29 is 9.59 Å². The first-order valence-electron chi connectivity index (χ1n) is 6.17. The van der Waals surface area contributed by atoms with Crippen LogP contribution in [0.4, 0.5) is 0 Å². The van der Waals surface area contributed by atoms with E-state index in [1.54, 1.807) is 12.3 Å². The number of carbonyl (C=O) groups excluding carboxylic acids is 2. The van der Waals surface area contributed by atoms with Crippen molar-refractivity contribution in [3.63, 3.8) is 0 Å². The van der Waals surface area contributed by atoms with Gasteiger partial charge in [-0.15, -0.1) is 6.58 Å². The van der Waals surface area contributed by atoms with Crippen LogP contribution < -0.4 is 10.5 Å². The molecule has 0 radical (unpaired) electrons. The largest absolute Gasteiger partial charge is 0.369 e. The van der Waals surface area contributed by atoms with Gasteiger partial charge in [0.2, 0.25) is 11.8 Å². The average Bonchev–Trinajstić information content (AvgIpc) is 2.27. The van der Waals surface area contributed by atoms with E-state index in [-0.39, 0.29) is 11.8 Å². The van der Waals surface area contributed by atoms with Crippen molar-refractivity contribution in [2.24, 2.45) is 23.5 Å². The Bertz CT molecular complexity index is 293. The van der Waals surface area contributed by atoms with Crippen molar-refractivity contribution in [3.05, 3.63) is 12.7 Å². The fraction of sp³-hybridized carbons (Fsp3) is 0.692. The van der Waals surface area contributed by atoms with Crippen LogP contribution in [0.25, 0.3) is 0 Å². The third-order valence-electron chi connectivity index (χ3n) is 2.80. The minimum Gasteiger partial charge on any atom is -0.369 e. The molecule has 0 aliphatic carbocycles. The Morgan fingerprint density at radius 1 is 1.39 bits per heavy atom. The maximum atomic E-state index is 12.0. The summed E-state index contributed by atoms with van der Waals surface area (Å²) in [7, 11) is 0. The molecule has 4 nitrogen and oxygen atoms in total. The third kappa shape index (κ3) is 6.10. The van der Waals surface area contributed by atoms with Crippen molar-refractivity contribution in [2.45, 2.75) is 33.1 Å². The highest BCUT2D eigenvalue weighted by molar-refractivity contribution is 7.97. The first-order chi connectivity index (χ1) is 8.43. The second-order valence-electron chi connectivity index (χ2n) is 4.78. The van der Waals surface area contributed by atoms with Crippen molar-refractivity contribution >= 4 is 23.8 Å². The van der Waals surface area contributed by atoms with Gasteiger partial charge in [0.25, 0.3) is 0 Å². The zero-order chi connectivity index (χ0) is 14.1. The number of rotatable bonds is 9. The molecule has 0 saturated heterocycles. The number of carbonyl (C=O) groups is 2. The number of hydrogen-bond acceptors (Lipinski definition) is 3. The first kappa shape index (κ1) is 17.0. The van der Waals surface area contributed by atoms with Crippen LogP contribution in [0.2, 0.25) is 0 Å². The van der Waals surface area contributed by atoms with Gasteiger partial charge in [0.05, 0.1) is 5.92 Å². The van der Waals surface area contributed by atoms with Crippen LogP contribution in [-0.4, -0.2) is 18.1 Å². The topological polar surface area (TPSA) is 72.2 Å². The SMILES string of the molecule is C=CCC[C@H](C(N)=O)C(CC(C)C)C(=O)NSC. The highest BCUT2D eigenvalue weighted by Gasteiger charge is 2.32. The molecule has 2 amide bonds. The summed E-state index contributed by atoms with van der Waals surface area (Å²) in [5.74, 6) is -0.941. The molecule has 0 aliphatic rings. The summed E-state index contributed by atoms with van der Waals surface area (Å²) in [6, 6.07) is 0. The zero-order valence-electron chi connectivity index (χ0n) is 11.4. The average molecular weight is 272 g/mol. The van der Waals surface area contributed by atoms with Crippen LogP contribution in [0.1, 0.15) is 33.1 Å². The second kappa shape index (κ2) is 9.03. The van der Waals surface area contributed by atoms with E-state index in [4.69, 9.17) is 5.73 Å². The minimum atomic E-state index is -0.419. The third-order valence-corrected chi connectivity index (χ3v) is 3.20. The van der Waals surface area contributed by atoms with Gasteiger partial charge in [0.15, 0.2) is 0 Å². The van der Waals surface area contributed by atoms with E-state index < -0.39 is 11.8 Å². The molecule has 0 heterocycles. The van der Waals surface area contributed by atoms with Gasteiger partial charge in [0, 0.05) is 12.2 Å². The number of primary amides is 1. The monoisotopic (exact) mass is 272 g/mol. The minimum absolute atomic E-state index is 0.107. The molecule has 0 spiro atoms. The molecule has 0 fully saturated rings. The Labute approximate surface area is 114 Å². The van der Waals surface area contributed by atoms with Crippen molar-refractivity contribution in [1.29, 1.82) is 0 Å². The standard InChI is InChI=1S/C13H24N2O2S/c1-5-6-7-10(12(14)16)11(8-9(2)3)13(17)15-18-4/h5,9-11H,1,6-8H2,2-4H3,(H2,14,16)(H,15,17)/t10-,11?/m0/s1. The molecule has 0 aromatic heterocycles. The lowest BCUT2D eigenvalue weighted by Crippen LogP contribution is -2.39. The molecule has 1 unspecified atom stereocenters. The molecular weight excluding hydrogens is 248 g/mol. The number of nitrogens with one attached hydrogen (secondary N) is 1. The fourth-order valence-corrected chi connectivity index (χ4v) is 2.33. The number of amides is 2. The molecule has 18 heavy (non-hydrogen) atoms. The van der Waals surface area contributed by atoms with E-state index in [1.807, 2.05) is 13.8 Å². The van der Waals surface area contributed by atoms with Gasteiger partial charge in [-0.1, -0.05) is 31.9 Å². The van der Waals surface area contributed by atoms with Crippen LogP contribution in [0, 0.1) is 17.8 Å². The van der Waals surface area contributed by atoms with Gasteiger partial charge in [-0.05, 0) is 25.2 Å². The van der Waals surface area contributed by atoms with Crippen molar-refractivity contribution in [2.75, 3.05) is 6.26 Å².